The Hall–Kier alpha value is -3.59. The molecular weight excluding hydrogens is 432 g/mol. The van der Waals surface area contributed by atoms with E-state index in [1.807, 2.05) is 49.4 Å². The molecule has 1 fully saturated rings. The molecule has 0 aromatic heterocycles. The molecule has 1 aliphatic rings. The molecule has 0 saturated heterocycles. The summed E-state index contributed by atoms with van der Waals surface area (Å²) in [5, 5.41) is 4.31. The van der Waals surface area contributed by atoms with E-state index in [1.165, 1.54) is 5.57 Å². The highest BCUT2D eigenvalue weighted by Crippen LogP contribution is 2.60. The van der Waals surface area contributed by atoms with E-state index in [9.17, 15) is 4.79 Å². The first-order valence-electron chi connectivity index (χ1n) is 12.4. The summed E-state index contributed by atoms with van der Waals surface area (Å²) in [6.45, 7) is 11.0. The molecule has 0 amide bonds. The van der Waals surface area contributed by atoms with Crippen LogP contribution in [0.15, 0.2) is 84.4 Å². The fraction of sp³-hybridized carbons (Fsp3) is 0.281. The molecule has 5 rings (SSSR count). The zero-order valence-corrected chi connectivity index (χ0v) is 21.1. The number of hydrogen-bond donors (Lipinski definition) is 0. The molecule has 3 nitrogen and oxygen atoms in total. The van der Waals surface area contributed by atoms with Gasteiger partial charge in [0.05, 0.1) is 12.5 Å². The standard InChI is InChI=1S/C32H32O3/c1-6-34-26-17-15-21-11-7-9-13-23(21)28(26)29-24-14-10-8-12-22(24)16-18-27(29)35-31(33)30-25(19-20(2)3)32(30,4)5/h7-19,25,30H,6H2,1-5H3/t25-,30-/m1/s1. The van der Waals surface area contributed by atoms with Crippen molar-refractivity contribution in [3.05, 3.63) is 84.4 Å². The van der Waals surface area contributed by atoms with E-state index in [1.54, 1.807) is 0 Å². The van der Waals surface area contributed by atoms with Gasteiger partial charge in [0.25, 0.3) is 0 Å². The largest absolute Gasteiger partial charge is 0.493 e. The lowest BCUT2D eigenvalue weighted by Crippen LogP contribution is -2.14. The molecule has 0 unspecified atom stereocenters. The van der Waals surface area contributed by atoms with E-state index in [4.69, 9.17) is 9.47 Å². The maximum absolute atomic E-state index is 13.5. The van der Waals surface area contributed by atoms with Gasteiger partial charge in [-0.2, -0.15) is 0 Å². The minimum Gasteiger partial charge on any atom is -0.493 e. The van der Waals surface area contributed by atoms with Gasteiger partial charge >= 0.3 is 5.97 Å². The van der Waals surface area contributed by atoms with E-state index in [0.29, 0.717) is 12.4 Å². The van der Waals surface area contributed by atoms with Crippen molar-refractivity contribution in [2.24, 2.45) is 17.3 Å². The lowest BCUT2D eigenvalue weighted by molar-refractivity contribution is -0.136. The van der Waals surface area contributed by atoms with Crippen molar-refractivity contribution >= 4 is 27.5 Å². The fourth-order valence-corrected chi connectivity index (χ4v) is 5.35. The molecule has 1 saturated carbocycles. The Morgan fingerprint density at radius 2 is 1.37 bits per heavy atom. The monoisotopic (exact) mass is 464 g/mol. The normalized spacial score (nSPS) is 18.3. The summed E-state index contributed by atoms with van der Waals surface area (Å²) >= 11 is 0. The van der Waals surface area contributed by atoms with Crippen molar-refractivity contribution < 1.29 is 14.3 Å². The first-order chi connectivity index (χ1) is 16.8. The topological polar surface area (TPSA) is 35.5 Å². The molecule has 4 aromatic carbocycles. The van der Waals surface area contributed by atoms with Crippen LogP contribution in [-0.2, 0) is 4.79 Å². The Morgan fingerprint density at radius 3 is 1.94 bits per heavy atom. The lowest BCUT2D eigenvalue weighted by atomic mass is 9.92. The second-order valence-corrected chi connectivity index (χ2v) is 10.2. The summed E-state index contributed by atoms with van der Waals surface area (Å²) in [4.78, 5) is 13.5. The molecule has 0 bridgehead atoms. The van der Waals surface area contributed by atoms with E-state index >= 15 is 0 Å². The predicted molar refractivity (Wildman–Crippen MR) is 144 cm³/mol. The van der Waals surface area contributed by atoms with Gasteiger partial charge in [-0.3, -0.25) is 4.79 Å². The highest BCUT2D eigenvalue weighted by Gasteiger charge is 2.61. The van der Waals surface area contributed by atoms with Crippen LogP contribution >= 0.6 is 0 Å². The van der Waals surface area contributed by atoms with Crippen molar-refractivity contribution in [3.8, 4) is 22.6 Å². The van der Waals surface area contributed by atoms with E-state index in [0.717, 1.165) is 38.4 Å². The average molecular weight is 465 g/mol. The van der Waals surface area contributed by atoms with E-state index < -0.39 is 0 Å². The zero-order chi connectivity index (χ0) is 24.7. The third kappa shape index (κ3) is 4.10. The van der Waals surface area contributed by atoms with Crippen LogP contribution in [0, 0.1) is 17.3 Å². The van der Waals surface area contributed by atoms with Crippen molar-refractivity contribution in [2.45, 2.75) is 34.6 Å². The second-order valence-electron chi connectivity index (χ2n) is 10.2. The van der Waals surface area contributed by atoms with Gasteiger partial charge in [0, 0.05) is 11.1 Å². The van der Waals surface area contributed by atoms with Crippen LogP contribution in [0.5, 0.6) is 11.5 Å². The minimum atomic E-state index is -0.174. The highest BCUT2D eigenvalue weighted by atomic mass is 16.5. The maximum Gasteiger partial charge on any atom is 0.315 e. The van der Waals surface area contributed by atoms with Gasteiger partial charge in [-0.15, -0.1) is 0 Å². The lowest BCUT2D eigenvalue weighted by Gasteiger charge is -2.19. The number of rotatable bonds is 6. The average Bonchev–Trinajstić information content (AvgIpc) is 3.38. The molecule has 0 heterocycles. The highest BCUT2D eigenvalue weighted by molar-refractivity contribution is 6.10. The van der Waals surface area contributed by atoms with E-state index in [-0.39, 0.29) is 23.2 Å². The Labute approximate surface area is 207 Å². The molecule has 3 heteroatoms. The first-order valence-corrected chi connectivity index (χ1v) is 12.4. The molecule has 0 N–H and O–H groups in total. The first kappa shape index (κ1) is 23.2. The van der Waals surface area contributed by atoms with Crippen molar-refractivity contribution in [1.82, 2.24) is 0 Å². The molecule has 4 aromatic rings. The number of hydrogen-bond acceptors (Lipinski definition) is 3. The number of allylic oxidation sites excluding steroid dienone is 2. The molecule has 2 atom stereocenters. The minimum absolute atomic E-state index is 0.110. The Kier molecular flexibility index (Phi) is 5.88. The smallest absolute Gasteiger partial charge is 0.315 e. The summed E-state index contributed by atoms with van der Waals surface area (Å²) in [5.74, 6) is 1.22. The molecule has 1 aliphatic carbocycles. The second kappa shape index (κ2) is 8.88. The number of carbonyl (C=O) groups excluding carboxylic acids is 1. The van der Waals surface area contributed by atoms with Gasteiger partial charge in [0.2, 0.25) is 0 Å². The van der Waals surface area contributed by atoms with Crippen molar-refractivity contribution in [1.29, 1.82) is 0 Å². The summed E-state index contributed by atoms with van der Waals surface area (Å²) in [6.07, 6.45) is 2.20. The quantitative estimate of drug-likeness (QED) is 0.164. The summed E-state index contributed by atoms with van der Waals surface area (Å²) in [6, 6.07) is 24.6. The number of fused-ring (bicyclic) bond motifs is 2. The van der Waals surface area contributed by atoms with Crippen LogP contribution in [0.2, 0.25) is 0 Å². The van der Waals surface area contributed by atoms with Gasteiger partial charge in [0.15, 0.2) is 0 Å². The van der Waals surface area contributed by atoms with Crippen molar-refractivity contribution in [2.75, 3.05) is 6.61 Å². The van der Waals surface area contributed by atoms with Crippen LogP contribution in [0.3, 0.4) is 0 Å². The van der Waals surface area contributed by atoms with Gasteiger partial charge < -0.3 is 9.47 Å². The van der Waals surface area contributed by atoms with Crippen LogP contribution in [-0.4, -0.2) is 12.6 Å². The van der Waals surface area contributed by atoms with Gasteiger partial charge in [-0.05, 0) is 65.8 Å². The van der Waals surface area contributed by atoms with Crippen LogP contribution in [0.1, 0.15) is 34.6 Å². The molecular formula is C32H32O3. The Balaban J connectivity index is 1.70. The SMILES string of the molecule is CCOc1ccc2ccccc2c1-c1c(OC(=O)[C@H]2[C@@H](C=C(C)C)C2(C)C)ccc2ccccc12. The van der Waals surface area contributed by atoms with Gasteiger partial charge in [-0.25, -0.2) is 0 Å². The summed E-state index contributed by atoms with van der Waals surface area (Å²) < 4.78 is 12.4. The molecule has 178 valence electrons. The van der Waals surface area contributed by atoms with E-state index in [2.05, 4.69) is 64.1 Å². The zero-order valence-electron chi connectivity index (χ0n) is 21.1. The Morgan fingerprint density at radius 1 is 0.829 bits per heavy atom. The molecule has 0 spiro atoms. The number of esters is 1. The summed E-state index contributed by atoms with van der Waals surface area (Å²) in [5.41, 5.74) is 2.97. The third-order valence-electron chi connectivity index (χ3n) is 7.22. The number of benzene rings is 4. The fourth-order valence-electron chi connectivity index (χ4n) is 5.35. The van der Waals surface area contributed by atoms with Gasteiger partial charge in [-0.1, -0.05) is 86.2 Å². The predicted octanol–water partition coefficient (Wildman–Crippen LogP) is 8.20. The van der Waals surface area contributed by atoms with Crippen LogP contribution in [0.4, 0.5) is 0 Å². The van der Waals surface area contributed by atoms with Crippen molar-refractivity contribution in [3.63, 3.8) is 0 Å². The maximum atomic E-state index is 13.5. The molecule has 35 heavy (non-hydrogen) atoms. The van der Waals surface area contributed by atoms with Gasteiger partial charge in [0.1, 0.15) is 11.5 Å². The summed E-state index contributed by atoms with van der Waals surface area (Å²) in [7, 11) is 0. The third-order valence-corrected chi connectivity index (χ3v) is 7.22. The molecule has 0 aliphatic heterocycles. The Bertz CT molecular complexity index is 1460. The number of carbonyl (C=O) groups is 1. The number of ether oxygens (including phenoxy) is 2. The van der Waals surface area contributed by atoms with Crippen LogP contribution in [0.25, 0.3) is 32.7 Å². The molecule has 0 radical (unpaired) electrons. The van der Waals surface area contributed by atoms with Crippen LogP contribution < -0.4 is 9.47 Å².